The zero-order chi connectivity index (χ0) is 18.1. The van der Waals surface area contributed by atoms with E-state index >= 15 is 0 Å². The van der Waals surface area contributed by atoms with Gasteiger partial charge in [0.2, 0.25) is 0 Å². The van der Waals surface area contributed by atoms with E-state index in [4.69, 9.17) is 13.8 Å². The lowest BCUT2D eigenvalue weighted by molar-refractivity contribution is 0.0467. The van der Waals surface area contributed by atoms with Gasteiger partial charge < -0.3 is 19.7 Å². The summed E-state index contributed by atoms with van der Waals surface area (Å²) in [6.07, 6.45) is -0.436. The molecule has 0 saturated carbocycles. The van der Waals surface area contributed by atoms with Crippen LogP contribution in [0.15, 0.2) is 12.7 Å². The maximum atomic E-state index is 12.3. The van der Waals surface area contributed by atoms with Gasteiger partial charge in [-0.2, -0.15) is 0 Å². The molecule has 136 valence electrons. The van der Waals surface area contributed by atoms with Crippen LogP contribution in [0, 0.1) is 0 Å². The van der Waals surface area contributed by atoms with E-state index in [1.54, 1.807) is 20.8 Å². The van der Waals surface area contributed by atoms with E-state index in [1.165, 1.54) is 13.2 Å². The molecule has 0 aliphatic carbocycles. The molecule has 7 nitrogen and oxygen atoms in total. The minimum atomic E-state index is -3.36. The zero-order valence-corrected chi connectivity index (χ0v) is 17.1. The lowest BCUT2D eigenvalue weighted by atomic mass is 10.2. The van der Waals surface area contributed by atoms with Crippen LogP contribution in [0.1, 0.15) is 20.8 Å². The molecule has 0 fully saturated rings. The summed E-state index contributed by atoms with van der Waals surface area (Å²) in [5.41, 5.74) is -0.665. The predicted octanol–water partition coefficient (Wildman–Crippen LogP) is 3.33. The molecule has 1 amide bonds. The molecule has 0 aliphatic heterocycles. The maximum Gasteiger partial charge on any atom is 0.408 e. The van der Waals surface area contributed by atoms with Crippen molar-refractivity contribution >= 4 is 40.2 Å². The van der Waals surface area contributed by atoms with Crippen molar-refractivity contribution in [2.24, 2.45) is 0 Å². The number of nitrogens with one attached hydrogen (secondary N) is 1. The smallest absolute Gasteiger partial charge is 0.408 e. The third-order valence-corrected chi connectivity index (χ3v) is 6.57. The number of ether oxygens (including phenoxy) is 1. The molecule has 0 spiro atoms. The summed E-state index contributed by atoms with van der Waals surface area (Å²) in [7, 11) is 1.28. The number of rotatable bonds is 10. The Kier molecular flexibility index (Phi) is 10.7. The van der Waals surface area contributed by atoms with Crippen molar-refractivity contribution in [2.45, 2.75) is 38.5 Å². The Morgan fingerprint density at radius 1 is 1.52 bits per heavy atom. The first-order valence-electron chi connectivity index (χ1n) is 6.88. The van der Waals surface area contributed by atoms with Gasteiger partial charge in [-0.25, -0.2) is 9.36 Å². The summed E-state index contributed by atoms with van der Waals surface area (Å²) in [6, 6.07) is -0.747. The molecule has 1 unspecified atom stereocenters. The summed E-state index contributed by atoms with van der Waals surface area (Å²) in [6.45, 7) is 5.54. The van der Waals surface area contributed by atoms with Crippen LogP contribution in [0.2, 0.25) is 0 Å². The van der Waals surface area contributed by atoms with Gasteiger partial charge in [0.25, 0.3) is 0 Å². The first-order chi connectivity index (χ1) is 10.6. The number of aliphatic hydroxyl groups excluding tert-OH is 1. The van der Waals surface area contributed by atoms with Gasteiger partial charge in [-0.05, 0) is 32.2 Å². The SMILES string of the molecule is C=C[C@@H](O)[C@@H](CSP(=O)(OC)OCCBr)NC(=O)OC(C)(C)C. The van der Waals surface area contributed by atoms with E-state index in [9.17, 15) is 14.5 Å². The van der Waals surface area contributed by atoms with Crippen LogP contribution in [-0.4, -0.2) is 53.7 Å². The summed E-state index contributed by atoms with van der Waals surface area (Å²) in [5, 5.41) is 13.0. The monoisotopic (exact) mass is 433 g/mol. The van der Waals surface area contributed by atoms with E-state index in [0.29, 0.717) is 5.33 Å². The molecule has 0 aromatic rings. The van der Waals surface area contributed by atoms with Crippen LogP contribution in [0.25, 0.3) is 0 Å². The molecule has 0 bridgehead atoms. The Morgan fingerprint density at radius 2 is 2.13 bits per heavy atom. The Morgan fingerprint density at radius 3 is 2.57 bits per heavy atom. The molecule has 3 atom stereocenters. The van der Waals surface area contributed by atoms with Crippen LogP contribution in [-0.2, 0) is 18.3 Å². The number of alkyl halides is 1. The minimum absolute atomic E-state index is 0.0971. The van der Waals surface area contributed by atoms with Crippen LogP contribution in [0.3, 0.4) is 0 Å². The Hall–Kier alpha value is -0.0500. The lowest BCUT2D eigenvalue weighted by Gasteiger charge is -2.26. The average molecular weight is 434 g/mol. The number of alkyl carbamates (subject to hydrolysis) is 1. The fraction of sp³-hybridized carbons (Fsp3) is 0.769. The topological polar surface area (TPSA) is 94.1 Å². The van der Waals surface area contributed by atoms with Crippen LogP contribution in [0.5, 0.6) is 0 Å². The molecule has 10 heteroatoms. The number of aliphatic hydroxyl groups is 1. The molecule has 0 saturated heterocycles. The van der Waals surface area contributed by atoms with E-state index in [-0.39, 0.29) is 12.4 Å². The Balaban J connectivity index is 4.77. The minimum Gasteiger partial charge on any atom is -0.444 e. The van der Waals surface area contributed by atoms with E-state index in [2.05, 4.69) is 27.8 Å². The number of hydrogen-bond acceptors (Lipinski definition) is 7. The summed E-state index contributed by atoms with van der Waals surface area (Å²) in [5.74, 6) is 0.0971. The van der Waals surface area contributed by atoms with Gasteiger partial charge in [0.05, 0.1) is 18.8 Å². The highest BCUT2D eigenvalue weighted by atomic mass is 79.9. The van der Waals surface area contributed by atoms with Crippen molar-refractivity contribution in [2.75, 3.05) is 24.8 Å². The fourth-order valence-corrected chi connectivity index (χ4v) is 4.74. The molecule has 0 aromatic carbocycles. The maximum absolute atomic E-state index is 12.3. The number of hydrogen-bond donors (Lipinski definition) is 2. The number of carbonyl (C=O) groups is 1. The van der Waals surface area contributed by atoms with Gasteiger partial charge >= 0.3 is 12.9 Å². The summed E-state index contributed by atoms with van der Waals surface area (Å²) >= 11 is 4.06. The highest BCUT2D eigenvalue weighted by molar-refractivity contribution is 9.09. The third-order valence-electron chi connectivity index (χ3n) is 2.32. The van der Waals surface area contributed by atoms with Crippen molar-refractivity contribution in [1.29, 1.82) is 0 Å². The van der Waals surface area contributed by atoms with Crippen molar-refractivity contribution in [3.63, 3.8) is 0 Å². The quantitative estimate of drug-likeness (QED) is 0.310. The molecular weight excluding hydrogens is 409 g/mol. The van der Waals surface area contributed by atoms with Gasteiger partial charge in [0, 0.05) is 18.2 Å². The number of carbonyl (C=O) groups excluding carboxylic acids is 1. The lowest BCUT2D eigenvalue weighted by Crippen LogP contribution is -2.46. The second-order valence-electron chi connectivity index (χ2n) is 5.43. The molecule has 2 N–H and O–H groups in total. The van der Waals surface area contributed by atoms with Crippen LogP contribution >= 0.6 is 34.1 Å². The third kappa shape index (κ3) is 10.4. The first kappa shape index (κ1) is 22.9. The largest absolute Gasteiger partial charge is 0.444 e. The van der Waals surface area contributed by atoms with Gasteiger partial charge in [-0.15, -0.1) is 6.58 Å². The molecule has 0 heterocycles. The van der Waals surface area contributed by atoms with Gasteiger partial charge in [0.1, 0.15) is 5.60 Å². The molecule has 0 radical (unpaired) electrons. The average Bonchev–Trinajstić information content (AvgIpc) is 2.46. The second kappa shape index (κ2) is 10.7. The van der Waals surface area contributed by atoms with E-state index < -0.39 is 30.6 Å². The number of amides is 1. The van der Waals surface area contributed by atoms with Gasteiger partial charge in [0.15, 0.2) is 0 Å². The van der Waals surface area contributed by atoms with Crippen molar-refractivity contribution in [1.82, 2.24) is 5.32 Å². The van der Waals surface area contributed by atoms with Crippen molar-refractivity contribution in [3.8, 4) is 0 Å². The van der Waals surface area contributed by atoms with Crippen molar-refractivity contribution < 1.29 is 28.3 Å². The van der Waals surface area contributed by atoms with Gasteiger partial charge in [-0.3, -0.25) is 4.52 Å². The summed E-state index contributed by atoms with van der Waals surface area (Å²) < 4.78 is 27.5. The molecular formula is C13H25BrNO6PS. The number of halogens is 1. The Labute approximate surface area is 149 Å². The normalized spacial score (nSPS) is 17.0. The Bertz CT molecular complexity index is 431. The fourth-order valence-electron chi connectivity index (χ4n) is 1.31. The van der Waals surface area contributed by atoms with E-state index in [0.717, 1.165) is 11.4 Å². The molecule has 0 rings (SSSR count). The standard InChI is InChI=1S/C13H25BrNO6PS/c1-6-11(16)10(15-12(17)21-13(2,3)4)9-23-22(18,19-5)20-8-7-14/h6,10-11,16H,1,7-9H2,2-5H3,(H,15,17)/t10-,11-,22?/m1/s1. The highest BCUT2D eigenvalue weighted by Gasteiger charge is 2.29. The van der Waals surface area contributed by atoms with Gasteiger partial charge in [-0.1, -0.05) is 22.0 Å². The predicted molar refractivity (Wildman–Crippen MR) is 96.2 cm³/mol. The second-order valence-corrected chi connectivity index (χ2v) is 10.4. The summed E-state index contributed by atoms with van der Waals surface area (Å²) in [4.78, 5) is 11.8. The van der Waals surface area contributed by atoms with Crippen LogP contribution in [0.4, 0.5) is 4.79 Å². The molecule has 0 aromatic heterocycles. The zero-order valence-electron chi connectivity index (χ0n) is 13.8. The molecule has 0 aliphatic rings. The van der Waals surface area contributed by atoms with Crippen LogP contribution < -0.4 is 5.32 Å². The highest BCUT2D eigenvalue weighted by Crippen LogP contribution is 2.60. The first-order valence-corrected chi connectivity index (χ1v) is 11.1. The van der Waals surface area contributed by atoms with E-state index in [1.807, 2.05) is 0 Å². The van der Waals surface area contributed by atoms with Crippen molar-refractivity contribution in [3.05, 3.63) is 12.7 Å². The molecule has 23 heavy (non-hydrogen) atoms.